The lowest BCUT2D eigenvalue weighted by atomic mass is 10.5. The summed E-state index contributed by atoms with van der Waals surface area (Å²) >= 11 is 0. The second kappa shape index (κ2) is 8.21. The van der Waals surface area contributed by atoms with Gasteiger partial charge in [-0.25, -0.2) is 9.45 Å². The molecule has 0 radical (unpaired) electrons. The maximum Gasteiger partial charge on any atom is 0.504 e. The first-order chi connectivity index (χ1) is 7.08. The summed E-state index contributed by atoms with van der Waals surface area (Å²) in [5.74, 6) is 0. The van der Waals surface area contributed by atoms with Crippen LogP contribution in [0, 0.1) is 0 Å². The van der Waals surface area contributed by atoms with Gasteiger partial charge in [0.2, 0.25) is 0 Å². The van der Waals surface area contributed by atoms with Gasteiger partial charge >= 0.3 is 7.82 Å². The number of ether oxygens (including phenoxy) is 1. The van der Waals surface area contributed by atoms with Crippen molar-refractivity contribution in [3.05, 3.63) is 0 Å². The predicted octanol–water partition coefficient (Wildman–Crippen LogP) is 2.50. The zero-order valence-corrected chi connectivity index (χ0v) is 10.5. The van der Waals surface area contributed by atoms with Gasteiger partial charge in [-0.3, -0.25) is 9.05 Å². The Hall–Kier alpha value is 0.0300. The van der Waals surface area contributed by atoms with E-state index in [2.05, 4.69) is 9.56 Å². The molecule has 0 aliphatic heterocycles. The highest BCUT2D eigenvalue weighted by molar-refractivity contribution is 7.48. The molecule has 0 aliphatic carbocycles. The normalized spacial score (nSPS) is 17.3. The van der Waals surface area contributed by atoms with Crippen LogP contribution in [0.1, 0.15) is 27.2 Å². The Morgan fingerprint density at radius 2 is 2.00 bits per heavy atom. The lowest BCUT2D eigenvalue weighted by Gasteiger charge is -2.19. The van der Waals surface area contributed by atoms with Gasteiger partial charge in [-0.2, -0.15) is 0 Å². The van der Waals surface area contributed by atoms with Gasteiger partial charge in [-0.05, 0) is 20.3 Å². The lowest BCUT2D eigenvalue weighted by molar-refractivity contribution is -0.213. The lowest BCUT2D eigenvalue weighted by Crippen LogP contribution is -2.14. The molecule has 0 rings (SSSR count). The Morgan fingerprint density at radius 3 is 2.47 bits per heavy atom. The van der Waals surface area contributed by atoms with Crippen LogP contribution in [0.25, 0.3) is 0 Å². The van der Waals surface area contributed by atoms with Gasteiger partial charge < -0.3 is 4.74 Å². The van der Waals surface area contributed by atoms with Crippen LogP contribution < -0.4 is 0 Å². The molecule has 2 atom stereocenters. The number of hydrogen-bond acceptors (Lipinski definition) is 6. The molecule has 0 heterocycles. The van der Waals surface area contributed by atoms with Crippen LogP contribution in [0.5, 0.6) is 0 Å². The molecule has 92 valence electrons. The van der Waals surface area contributed by atoms with E-state index >= 15 is 0 Å². The highest BCUT2D eigenvalue weighted by atomic mass is 31.2. The van der Waals surface area contributed by atoms with E-state index in [0.717, 1.165) is 6.42 Å². The minimum absolute atomic E-state index is 0.196. The van der Waals surface area contributed by atoms with Gasteiger partial charge in [0.05, 0.1) is 13.7 Å². The van der Waals surface area contributed by atoms with E-state index in [4.69, 9.17) is 13.8 Å². The molecular formula is C8H19O6P. The SMILES string of the molecule is CCCOC(C)OP(=O)(OCC)OOC. The third-order valence-electron chi connectivity index (χ3n) is 1.29. The number of hydrogen-bond donors (Lipinski definition) is 0. The summed E-state index contributed by atoms with van der Waals surface area (Å²) in [4.78, 5) is 4.30. The molecule has 7 heteroatoms. The van der Waals surface area contributed by atoms with Gasteiger partial charge in [0, 0.05) is 6.61 Å². The van der Waals surface area contributed by atoms with Gasteiger partial charge in [0.15, 0.2) is 6.29 Å². The minimum Gasteiger partial charge on any atom is -0.352 e. The quantitative estimate of drug-likeness (QED) is 0.268. The van der Waals surface area contributed by atoms with Crippen LogP contribution in [0.2, 0.25) is 0 Å². The first-order valence-corrected chi connectivity index (χ1v) is 6.31. The van der Waals surface area contributed by atoms with Crippen LogP contribution in [-0.2, 0) is 27.9 Å². The molecule has 2 unspecified atom stereocenters. The van der Waals surface area contributed by atoms with E-state index < -0.39 is 14.1 Å². The van der Waals surface area contributed by atoms with Gasteiger partial charge in [0.1, 0.15) is 0 Å². The van der Waals surface area contributed by atoms with Gasteiger partial charge in [-0.15, -0.1) is 4.67 Å². The Balaban J connectivity index is 4.08. The molecule has 0 aromatic rings. The molecule has 0 fully saturated rings. The van der Waals surface area contributed by atoms with Crippen molar-refractivity contribution in [3.63, 3.8) is 0 Å². The highest BCUT2D eigenvalue weighted by Gasteiger charge is 2.30. The average Bonchev–Trinajstić information content (AvgIpc) is 2.15. The first kappa shape index (κ1) is 15.0. The van der Waals surface area contributed by atoms with Crippen molar-refractivity contribution in [2.24, 2.45) is 0 Å². The summed E-state index contributed by atoms with van der Waals surface area (Å²) in [5, 5.41) is 0. The van der Waals surface area contributed by atoms with Crippen molar-refractivity contribution < 1.29 is 27.9 Å². The standard InChI is InChI=1S/C8H19O6P/c1-5-7-11-8(3)13-15(9,12-6-2)14-10-4/h8H,5-7H2,1-4H3. The van der Waals surface area contributed by atoms with Crippen LogP contribution in [0.15, 0.2) is 0 Å². The molecule has 0 aromatic heterocycles. The largest absolute Gasteiger partial charge is 0.504 e. The molecule has 0 N–H and O–H groups in total. The molecule has 6 nitrogen and oxygen atoms in total. The van der Waals surface area contributed by atoms with Crippen LogP contribution in [-0.4, -0.2) is 26.6 Å². The van der Waals surface area contributed by atoms with Crippen molar-refractivity contribution in [1.82, 2.24) is 0 Å². The first-order valence-electron chi connectivity index (χ1n) is 4.85. The average molecular weight is 242 g/mol. The molecule has 0 aliphatic rings. The van der Waals surface area contributed by atoms with Crippen molar-refractivity contribution in [2.45, 2.75) is 33.5 Å². The molecule has 0 saturated heterocycles. The van der Waals surface area contributed by atoms with Crippen molar-refractivity contribution in [1.29, 1.82) is 0 Å². The summed E-state index contributed by atoms with van der Waals surface area (Å²) in [5.41, 5.74) is 0. The smallest absolute Gasteiger partial charge is 0.352 e. The van der Waals surface area contributed by atoms with Crippen LogP contribution >= 0.6 is 7.82 Å². The van der Waals surface area contributed by atoms with E-state index in [1.54, 1.807) is 13.8 Å². The maximum absolute atomic E-state index is 11.7. The Labute approximate surface area is 90.3 Å². The molecule has 15 heavy (non-hydrogen) atoms. The van der Waals surface area contributed by atoms with E-state index in [0.29, 0.717) is 6.61 Å². The van der Waals surface area contributed by atoms with E-state index in [-0.39, 0.29) is 6.61 Å². The Kier molecular flexibility index (Phi) is 8.23. The van der Waals surface area contributed by atoms with Crippen LogP contribution in [0.4, 0.5) is 0 Å². The Bertz CT molecular complexity index is 188. The fraction of sp³-hybridized carbons (Fsp3) is 1.00. The van der Waals surface area contributed by atoms with Gasteiger partial charge in [-0.1, -0.05) is 6.92 Å². The molecule has 0 bridgehead atoms. The number of rotatable bonds is 9. The second-order valence-corrected chi connectivity index (χ2v) is 4.16. The highest BCUT2D eigenvalue weighted by Crippen LogP contribution is 2.50. The fourth-order valence-electron chi connectivity index (χ4n) is 0.815. The summed E-state index contributed by atoms with van der Waals surface area (Å²) in [6.45, 7) is 5.95. The molecule has 0 aromatic carbocycles. The van der Waals surface area contributed by atoms with Crippen molar-refractivity contribution >= 4 is 7.82 Å². The molecule has 0 saturated carbocycles. The second-order valence-electron chi connectivity index (χ2n) is 2.65. The van der Waals surface area contributed by atoms with Crippen molar-refractivity contribution in [2.75, 3.05) is 20.3 Å². The number of phosphoric ester groups is 1. The zero-order valence-electron chi connectivity index (χ0n) is 9.60. The van der Waals surface area contributed by atoms with Crippen LogP contribution in [0.3, 0.4) is 0 Å². The topological polar surface area (TPSA) is 63.2 Å². The molecule has 0 spiro atoms. The fourth-order valence-corrected chi connectivity index (χ4v) is 1.88. The monoisotopic (exact) mass is 242 g/mol. The summed E-state index contributed by atoms with van der Waals surface area (Å²) in [7, 11) is -2.43. The van der Waals surface area contributed by atoms with E-state index in [9.17, 15) is 4.57 Å². The number of phosphoric acid groups is 1. The summed E-state index contributed by atoms with van der Waals surface area (Å²) in [6, 6.07) is 0. The van der Waals surface area contributed by atoms with E-state index in [1.807, 2.05) is 6.92 Å². The minimum atomic E-state index is -3.66. The van der Waals surface area contributed by atoms with E-state index in [1.165, 1.54) is 7.11 Å². The molecule has 0 amide bonds. The van der Waals surface area contributed by atoms with Crippen molar-refractivity contribution in [3.8, 4) is 0 Å². The van der Waals surface area contributed by atoms with Gasteiger partial charge in [0.25, 0.3) is 0 Å². The third kappa shape index (κ3) is 7.00. The molecular weight excluding hydrogens is 223 g/mol. The summed E-state index contributed by atoms with van der Waals surface area (Å²) < 4.78 is 31.1. The Morgan fingerprint density at radius 1 is 1.33 bits per heavy atom. The zero-order chi connectivity index (χ0) is 11.7. The maximum atomic E-state index is 11.7. The summed E-state index contributed by atoms with van der Waals surface area (Å²) in [6.07, 6.45) is 0.176. The predicted molar refractivity (Wildman–Crippen MR) is 54.1 cm³/mol. The third-order valence-corrected chi connectivity index (χ3v) is 2.75.